The minimum absolute atomic E-state index is 0.492. The predicted molar refractivity (Wildman–Crippen MR) is 78.1 cm³/mol. The molecule has 4 heteroatoms. The van der Waals surface area contributed by atoms with Crippen LogP contribution in [0.25, 0.3) is 16.7 Å². The first-order valence-corrected chi connectivity index (χ1v) is 6.51. The van der Waals surface area contributed by atoms with E-state index in [1.54, 1.807) is 0 Å². The zero-order valence-electron chi connectivity index (χ0n) is 11.1. The van der Waals surface area contributed by atoms with Crippen molar-refractivity contribution in [3.8, 4) is 5.69 Å². The van der Waals surface area contributed by atoms with E-state index in [4.69, 9.17) is 11.6 Å². The fourth-order valence-electron chi connectivity index (χ4n) is 2.65. The summed E-state index contributed by atoms with van der Waals surface area (Å²) in [5.41, 5.74) is 5.72. The van der Waals surface area contributed by atoms with E-state index in [-0.39, 0.29) is 0 Å². The summed E-state index contributed by atoms with van der Waals surface area (Å²) in [6, 6.07) is 6.31. The average Bonchev–Trinajstić information content (AvgIpc) is 2.73. The van der Waals surface area contributed by atoms with Crippen molar-refractivity contribution in [3.05, 3.63) is 52.6 Å². The quantitative estimate of drug-likeness (QED) is 0.626. The lowest BCUT2D eigenvalue weighted by atomic mass is 10.1. The fourth-order valence-corrected chi connectivity index (χ4v) is 2.84. The van der Waals surface area contributed by atoms with Crippen LogP contribution in [0, 0.1) is 20.8 Å². The normalized spacial score (nSPS) is 11.2. The van der Waals surface area contributed by atoms with Gasteiger partial charge < -0.3 is 4.57 Å². The van der Waals surface area contributed by atoms with Crippen molar-refractivity contribution in [1.29, 1.82) is 0 Å². The molecule has 0 bridgehead atoms. The maximum atomic E-state index is 6.10. The molecule has 0 aliphatic carbocycles. The summed E-state index contributed by atoms with van der Waals surface area (Å²) in [7, 11) is 0. The molecule has 0 fully saturated rings. The lowest BCUT2D eigenvalue weighted by Crippen LogP contribution is -2.00. The van der Waals surface area contributed by atoms with Gasteiger partial charge in [-0.2, -0.15) is 0 Å². The Bertz CT molecular complexity index is 751. The number of fused-ring (bicyclic) bond motifs is 1. The third-order valence-electron chi connectivity index (χ3n) is 3.31. The molecule has 3 nitrogen and oxygen atoms in total. The third kappa shape index (κ3) is 1.90. The van der Waals surface area contributed by atoms with Gasteiger partial charge in [0.2, 0.25) is 0 Å². The van der Waals surface area contributed by atoms with Crippen LogP contribution in [0.4, 0.5) is 0 Å². The number of rotatable bonds is 1. The molecule has 2 aromatic heterocycles. The van der Waals surface area contributed by atoms with Gasteiger partial charge in [-0.1, -0.05) is 29.3 Å². The second-order valence-electron chi connectivity index (χ2n) is 4.83. The molecule has 0 saturated heterocycles. The van der Waals surface area contributed by atoms with E-state index >= 15 is 0 Å². The van der Waals surface area contributed by atoms with Gasteiger partial charge in [0, 0.05) is 6.20 Å². The molecule has 0 unspecified atom stereocenters. The Hall–Kier alpha value is -1.87. The number of hydrogen-bond acceptors (Lipinski definition) is 2. The highest BCUT2D eigenvalue weighted by molar-refractivity contribution is 6.33. The summed E-state index contributed by atoms with van der Waals surface area (Å²) in [5, 5.41) is 1.37. The Balaban J connectivity index is 2.34. The van der Waals surface area contributed by atoms with Crippen LogP contribution in [0.1, 0.15) is 16.7 Å². The summed E-state index contributed by atoms with van der Waals surface area (Å²) >= 11 is 6.10. The molecule has 0 spiro atoms. The van der Waals surface area contributed by atoms with E-state index in [1.165, 1.54) is 23.0 Å². The Morgan fingerprint density at radius 3 is 2.42 bits per heavy atom. The van der Waals surface area contributed by atoms with Crippen molar-refractivity contribution in [2.24, 2.45) is 0 Å². The average molecular weight is 272 g/mol. The van der Waals surface area contributed by atoms with Crippen molar-refractivity contribution in [2.45, 2.75) is 20.8 Å². The maximum absolute atomic E-state index is 6.10. The number of hydrogen-bond donors (Lipinski definition) is 0. The fraction of sp³-hybridized carbons (Fsp3) is 0.200. The first kappa shape index (κ1) is 12.2. The molecule has 3 rings (SSSR count). The molecule has 3 aromatic rings. The molecule has 0 aliphatic rings. The number of halogens is 1. The molecule has 0 N–H and O–H groups in total. The van der Waals surface area contributed by atoms with Crippen LogP contribution >= 0.6 is 11.6 Å². The molecule has 0 amide bonds. The highest BCUT2D eigenvalue weighted by atomic mass is 35.5. The van der Waals surface area contributed by atoms with Gasteiger partial charge in [0.15, 0.2) is 0 Å². The summed E-state index contributed by atoms with van der Waals surface area (Å²) in [6.07, 6.45) is 3.50. The van der Waals surface area contributed by atoms with E-state index < -0.39 is 0 Å². The molecule has 2 heterocycles. The van der Waals surface area contributed by atoms with E-state index in [0.29, 0.717) is 5.15 Å². The standard InChI is InChI=1S/C15H14ClN3/c1-9-6-10(2)13(11(3)7-9)19-5-4-12-14(16)17-8-18-15(12)19/h4-8H,1-3H3. The van der Waals surface area contributed by atoms with Crippen LogP contribution < -0.4 is 0 Å². The van der Waals surface area contributed by atoms with Gasteiger partial charge in [-0.25, -0.2) is 9.97 Å². The van der Waals surface area contributed by atoms with Crippen molar-refractivity contribution in [1.82, 2.24) is 14.5 Å². The number of aryl methyl sites for hydroxylation is 3. The van der Waals surface area contributed by atoms with Crippen molar-refractivity contribution < 1.29 is 0 Å². The topological polar surface area (TPSA) is 30.7 Å². The number of aromatic nitrogens is 3. The predicted octanol–water partition coefficient (Wildman–Crippen LogP) is 4.00. The molecule has 0 atom stereocenters. The summed E-state index contributed by atoms with van der Waals surface area (Å²) < 4.78 is 2.08. The zero-order valence-corrected chi connectivity index (χ0v) is 11.9. The van der Waals surface area contributed by atoms with Crippen LogP contribution in [0.3, 0.4) is 0 Å². The minimum atomic E-state index is 0.492. The van der Waals surface area contributed by atoms with Crippen LogP contribution in [0.15, 0.2) is 30.7 Å². The molecule has 0 saturated carbocycles. The highest BCUT2D eigenvalue weighted by Gasteiger charge is 2.12. The van der Waals surface area contributed by atoms with Crippen LogP contribution in [0.2, 0.25) is 5.15 Å². The zero-order chi connectivity index (χ0) is 13.6. The Morgan fingerprint density at radius 1 is 1.05 bits per heavy atom. The van der Waals surface area contributed by atoms with Gasteiger partial charge >= 0.3 is 0 Å². The Labute approximate surface area is 116 Å². The van der Waals surface area contributed by atoms with E-state index in [9.17, 15) is 0 Å². The second kappa shape index (κ2) is 4.35. The van der Waals surface area contributed by atoms with Gasteiger partial charge in [0.05, 0.1) is 11.1 Å². The van der Waals surface area contributed by atoms with Crippen molar-refractivity contribution in [3.63, 3.8) is 0 Å². The Kier molecular flexibility index (Phi) is 2.79. The van der Waals surface area contributed by atoms with Gasteiger partial charge in [-0.15, -0.1) is 0 Å². The van der Waals surface area contributed by atoms with Gasteiger partial charge in [-0.05, 0) is 38.0 Å². The van der Waals surface area contributed by atoms with Crippen molar-refractivity contribution >= 4 is 22.6 Å². The Morgan fingerprint density at radius 2 is 1.74 bits per heavy atom. The monoisotopic (exact) mass is 271 g/mol. The largest absolute Gasteiger partial charge is 0.301 e. The molecule has 0 radical (unpaired) electrons. The van der Waals surface area contributed by atoms with E-state index in [0.717, 1.165) is 16.7 Å². The van der Waals surface area contributed by atoms with Gasteiger partial charge in [0.1, 0.15) is 17.1 Å². The lowest BCUT2D eigenvalue weighted by Gasteiger charge is -2.13. The van der Waals surface area contributed by atoms with Crippen molar-refractivity contribution in [2.75, 3.05) is 0 Å². The first-order chi connectivity index (χ1) is 9.08. The highest BCUT2D eigenvalue weighted by Crippen LogP contribution is 2.27. The third-order valence-corrected chi connectivity index (χ3v) is 3.61. The first-order valence-electron chi connectivity index (χ1n) is 6.13. The van der Waals surface area contributed by atoms with Crippen LogP contribution in [0.5, 0.6) is 0 Å². The summed E-state index contributed by atoms with van der Waals surface area (Å²) in [6.45, 7) is 6.34. The molecule has 19 heavy (non-hydrogen) atoms. The second-order valence-corrected chi connectivity index (χ2v) is 5.19. The molecular weight excluding hydrogens is 258 g/mol. The molecule has 96 valence electrons. The van der Waals surface area contributed by atoms with Gasteiger partial charge in [0.25, 0.3) is 0 Å². The maximum Gasteiger partial charge on any atom is 0.149 e. The summed E-state index contributed by atoms with van der Waals surface area (Å²) in [4.78, 5) is 8.36. The van der Waals surface area contributed by atoms with Gasteiger partial charge in [-0.3, -0.25) is 0 Å². The van der Waals surface area contributed by atoms with Crippen LogP contribution in [-0.4, -0.2) is 14.5 Å². The smallest absolute Gasteiger partial charge is 0.149 e. The van der Waals surface area contributed by atoms with Crippen LogP contribution in [-0.2, 0) is 0 Å². The van der Waals surface area contributed by atoms with E-state index in [1.807, 2.05) is 12.3 Å². The minimum Gasteiger partial charge on any atom is -0.301 e. The SMILES string of the molecule is Cc1cc(C)c(-n2ccc3c(Cl)ncnc32)c(C)c1. The molecular formula is C15H14ClN3. The van der Waals surface area contributed by atoms with E-state index in [2.05, 4.69) is 47.4 Å². The number of nitrogens with zero attached hydrogens (tertiary/aromatic N) is 3. The summed E-state index contributed by atoms with van der Waals surface area (Å²) in [5.74, 6) is 0. The molecule has 1 aromatic carbocycles. The number of benzene rings is 1. The lowest BCUT2D eigenvalue weighted by molar-refractivity contribution is 1.04. The molecule has 0 aliphatic heterocycles.